The summed E-state index contributed by atoms with van der Waals surface area (Å²) in [5.74, 6) is 0.486. The maximum Gasteiger partial charge on any atom is 0.278 e. The second-order valence-electron chi connectivity index (χ2n) is 6.94. The number of rotatable bonds is 4. The molecule has 3 aromatic rings. The monoisotopic (exact) mass is 360 g/mol. The van der Waals surface area contributed by atoms with E-state index in [2.05, 4.69) is 28.2 Å². The van der Waals surface area contributed by atoms with Gasteiger partial charge in [0.2, 0.25) is 0 Å². The van der Waals surface area contributed by atoms with Gasteiger partial charge in [-0.25, -0.2) is 9.97 Å². The van der Waals surface area contributed by atoms with Crippen LogP contribution in [0.4, 0.5) is 11.5 Å². The number of amides is 1. The molecule has 1 aliphatic heterocycles. The molecule has 1 aromatic heterocycles. The maximum absolute atomic E-state index is 13.1. The van der Waals surface area contributed by atoms with E-state index >= 15 is 0 Å². The summed E-state index contributed by atoms with van der Waals surface area (Å²) >= 11 is 0. The number of hydrogen-bond acceptors (Lipinski definition) is 4. The average molecular weight is 360 g/mol. The minimum atomic E-state index is -0.206. The van der Waals surface area contributed by atoms with Crippen LogP contribution in [0.15, 0.2) is 48.5 Å². The van der Waals surface area contributed by atoms with E-state index in [1.165, 1.54) is 12.0 Å². The van der Waals surface area contributed by atoms with Gasteiger partial charge in [0.25, 0.3) is 5.91 Å². The summed E-state index contributed by atoms with van der Waals surface area (Å²) in [6.07, 6.45) is 4.39. The van der Waals surface area contributed by atoms with Gasteiger partial charge in [-0.05, 0) is 55.5 Å². The van der Waals surface area contributed by atoms with Gasteiger partial charge in [-0.3, -0.25) is 4.79 Å². The molecule has 2 heterocycles. The Morgan fingerprint density at radius 3 is 2.48 bits per heavy atom. The molecule has 4 rings (SSSR count). The van der Waals surface area contributed by atoms with E-state index in [-0.39, 0.29) is 5.91 Å². The summed E-state index contributed by atoms with van der Waals surface area (Å²) in [7, 11) is 0. The summed E-state index contributed by atoms with van der Waals surface area (Å²) in [6.45, 7) is 3.93. The lowest BCUT2D eigenvalue weighted by atomic mass is 10.1. The molecule has 0 saturated carbocycles. The molecular weight excluding hydrogens is 336 g/mol. The van der Waals surface area contributed by atoms with Gasteiger partial charge < -0.3 is 10.2 Å². The number of aromatic nitrogens is 2. The number of nitrogens with one attached hydrogen (secondary N) is 1. The number of carbonyl (C=O) groups excluding carboxylic acids is 1. The molecule has 138 valence electrons. The minimum Gasteiger partial charge on any atom is -0.355 e. The zero-order valence-corrected chi connectivity index (χ0v) is 15.6. The third-order valence-electron chi connectivity index (χ3n) is 5.02. The van der Waals surface area contributed by atoms with Gasteiger partial charge in [0.05, 0.1) is 11.0 Å². The Morgan fingerprint density at radius 2 is 1.74 bits per heavy atom. The zero-order valence-electron chi connectivity index (χ0n) is 15.6. The summed E-state index contributed by atoms with van der Waals surface area (Å²) < 4.78 is 0. The van der Waals surface area contributed by atoms with Crippen LogP contribution in [0.1, 0.15) is 42.2 Å². The van der Waals surface area contributed by atoms with Gasteiger partial charge in [0.15, 0.2) is 11.5 Å². The van der Waals surface area contributed by atoms with Crippen molar-refractivity contribution < 1.29 is 4.79 Å². The predicted molar refractivity (Wildman–Crippen MR) is 109 cm³/mol. The highest BCUT2D eigenvalue weighted by molar-refractivity contribution is 6.07. The first kappa shape index (κ1) is 17.5. The second-order valence-corrected chi connectivity index (χ2v) is 6.94. The van der Waals surface area contributed by atoms with Crippen LogP contribution >= 0.6 is 0 Å². The molecule has 1 aliphatic rings. The fourth-order valence-corrected chi connectivity index (χ4v) is 3.53. The molecule has 1 saturated heterocycles. The van der Waals surface area contributed by atoms with Crippen LogP contribution in [0.2, 0.25) is 0 Å². The van der Waals surface area contributed by atoms with Crippen molar-refractivity contribution in [3.8, 4) is 0 Å². The number of nitrogens with zero attached hydrogens (tertiary/aromatic N) is 3. The maximum atomic E-state index is 13.1. The Hall–Kier alpha value is -2.95. The fourth-order valence-electron chi connectivity index (χ4n) is 3.53. The van der Waals surface area contributed by atoms with Crippen LogP contribution in [0.5, 0.6) is 0 Å². The van der Waals surface area contributed by atoms with E-state index in [1.807, 2.05) is 42.5 Å². The first-order valence-electron chi connectivity index (χ1n) is 9.66. The highest BCUT2D eigenvalue weighted by Gasteiger charge is 2.22. The van der Waals surface area contributed by atoms with E-state index in [0.29, 0.717) is 11.5 Å². The van der Waals surface area contributed by atoms with Crippen molar-refractivity contribution in [2.75, 3.05) is 23.3 Å². The third-order valence-corrected chi connectivity index (χ3v) is 5.02. The third kappa shape index (κ3) is 3.77. The van der Waals surface area contributed by atoms with Crippen LogP contribution in [-0.2, 0) is 6.42 Å². The van der Waals surface area contributed by atoms with Gasteiger partial charge >= 0.3 is 0 Å². The molecule has 0 atom stereocenters. The molecule has 5 heteroatoms. The normalized spacial score (nSPS) is 14.3. The molecule has 1 amide bonds. The first-order chi connectivity index (χ1) is 13.2. The summed E-state index contributed by atoms with van der Waals surface area (Å²) in [6, 6.07) is 15.7. The Bertz CT molecular complexity index is 963. The molecular formula is C22H24N4O. The van der Waals surface area contributed by atoms with Crippen molar-refractivity contribution in [2.45, 2.75) is 32.6 Å². The lowest BCUT2D eigenvalue weighted by molar-refractivity contribution is 0.102. The Morgan fingerprint density at radius 1 is 1.00 bits per heavy atom. The Kier molecular flexibility index (Phi) is 5.01. The van der Waals surface area contributed by atoms with E-state index in [0.717, 1.165) is 49.1 Å². The number of aryl methyl sites for hydroxylation is 1. The van der Waals surface area contributed by atoms with Crippen LogP contribution in [0.25, 0.3) is 11.0 Å². The van der Waals surface area contributed by atoms with E-state index in [4.69, 9.17) is 4.98 Å². The van der Waals surface area contributed by atoms with E-state index in [1.54, 1.807) is 0 Å². The zero-order chi connectivity index (χ0) is 18.6. The molecule has 1 N–H and O–H groups in total. The van der Waals surface area contributed by atoms with E-state index in [9.17, 15) is 4.79 Å². The number of anilines is 2. The molecule has 1 fully saturated rings. The smallest absolute Gasteiger partial charge is 0.278 e. The van der Waals surface area contributed by atoms with Gasteiger partial charge in [-0.2, -0.15) is 0 Å². The quantitative estimate of drug-likeness (QED) is 0.747. The SMILES string of the molecule is CCc1cccc(NC(=O)c2nc3ccccc3nc2N2CCCCC2)c1. The van der Waals surface area contributed by atoms with Crippen LogP contribution in [0.3, 0.4) is 0 Å². The highest BCUT2D eigenvalue weighted by Crippen LogP contribution is 2.25. The molecule has 0 bridgehead atoms. The summed E-state index contributed by atoms with van der Waals surface area (Å²) in [4.78, 5) is 24.7. The Labute approximate surface area is 159 Å². The molecule has 0 unspecified atom stereocenters. The highest BCUT2D eigenvalue weighted by atomic mass is 16.1. The lowest BCUT2D eigenvalue weighted by Gasteiger charge is -2.29. The molecule has 5 nitrogen and oxygen atoms in total. The second kappa shape index (κ2) is 7.74. The van der Waals surface area contributed by atoms with Crippen LogP contribution in [-0.4, -0.2) is 29.0 Å². The summed E-state index contributed by atoms with van der Waals surface area (Å²) in [5, 5.41) is 3.01. The van der Waals surface area contributed by atoms with Crippen molar-refractivity contribution in [1.29, 1.82) is 0 Å². The average Bonchev–Trinajstić information content (AvgIpc) is 2.73. The predicted octanol–water partition coefficient (Wildman–Crippen LogP) is 4.43. The standard InChI is InChI=1S/C22H24N4O/c1-2-16-9-8-10-17(15-16)23-22(27)20-21(26-13-6-3-7-14-26)25-19-12-5-4-11-18(19)24-20/h4-5,8-12,15H,2-3,6-7,13-14H2,1H3,(H,23,27). The molecule has 0 aliphatic carbocycles. The minimum absolute atomic E-state index is 0.206. The largest absolute Gasteiger partial charge is 0.355 e. The summed E-state index contributed by atoms with van der Waals surface area (Å²) in [5.41, 5.74) is 3.94. The van der Waals surface area contributed by atoms with Crippen LogP contribution in [0, 0.1) is 0 Å². The first-order valence-corrected chi connectivity index (χ1v) is 9.66. The van der Waals surface area contributed by atoms with Crippen molar-refractivity contribution in [3.63, 3.8) is 0 Å². The van der Waals surface area contributed by atoms with Gasteiger partial charge in [0.1, 0.15) is 0 Å². The number of piperidine rings is 1. The number of hydrogen-bond donors (Lipinski definition) is 1. The van der Waals surface area contributed by atoms with Gasteiger partial charge in [0, 0.05) is 18.8 Å². The van der Waals surface area contributed by atoms with Crippen LogP contribution < -0.4 is 10.2 Å². The van der Waals surface area contributed by atoms with Crippen molar-refractivity contribution >= 4 is 28.4 Å². The number of carbonyl (C=O) groups is 1. The van der Waals surface area contributed by atoms with Crippen molar-refractivity contribution in [1.82, 2.24) is 9.97 Å². The topological polar surface area (TPSA) is 58.1 Å². The molecule has 27 heavy (non-hydrogen) atoms. The molecule has 2 aromatic carbocycles. The Balaban J connectivity index is 1.72. The lowest BCUT2D eigenvalue weighted by Crippen LogP contribution is -2.33. The van der Waals surface area contributed by atoms with Gasteiger partial charge in [-0.1, -0.05) is 31.2 Å². The number of para-hydroxylation sites is 2. The van der Waals surface area contributed by atoms with E-state index < -0.39 is 0 Å². The number of benzene rings is 2. The van der Waals surface area contributed by atoms with Crippen molar-refractivity contribution in [3.05, 3.63) is 59.8 Å². The van der Waals surface area contributed by atoms with Gasteiger partial charge in [-0.15, -0.1) is 0 Å². The number of fused-ring (bicyclic) bond motifs is 1. The molecule has 0 radical (unpaired) electrons. The fraction of sp³-hybridized carbons (Fsp3) is 0.318. The molecule has 0 spiro atoms. The van der Waals surface area contributed by atoms with Crippen molar-refractivity contribution in [2.24, 2.45) is 0 Å².